The molecule has 124 valence electrons. The van der Waals surface area contributed by atoms with Crippen LogP contribution in [0.3, 0.4) is 0 Å². The minimum absolute atomic E-state index is 0.0561. The number of allylic oxidation sites excluding steroid dienone is 1. The summed E-state index contributed by atoms with van der Waals surface area (Å²) in [5.41, 5.74) is 3.84. The Balaban J connectivity index is 1.66. The van der Waals surface area contributed by atoms with Gasteiger partial charge in [-0.1, -0.05) is 43.2 Å². The number of hydrogen-bond acceptors (Lipinski definition) is 3. The number of halogens is 1. The van der Waals surface area contributed by atoms with Crippen LogP contribution >= 0.6 is 11.6 Å². The van der Waals surface area contributed by atoms with Gasteiger partial charge in [-0.05, 0) is 18.9 Å². The third kappa shape index (κ3) is 2.26. The lowest BCUT2D eigenvalue weighted by atomic mass is 9.81. The summed E-state index contributed by atoms with van der Waals surface area (Å²) in [5.74, 6) is -0.0613. The highest BCUT2D eigenvalue weighted by Gasteiger charge is 2.37. The van der Waals surface area contributed by atoms with Crippen molar-refractivity contribution in [3.63, 3.8) is 0 Å². The predicted octanol–water partition coefficient (Wildman–Crippen LogP) is 3.51. The van der Waals surface area contributed by atoms with Gasteiger partial charge in [0.05, 0.1) is 17.3 Å². The van der Waals surface area contributed by atoms with Crippen molar-refractivity contribution in [2.75, 3.05) is 6.54 Å². The summed E-state index contributed by atoms with van der Waals surface area (Å²) in [6.45, 7) is 7.26. The number of carbonyl (C=O) groups is 1. The minimum Gasteiger partial charge on any atom is -0.330 e. The summed E-state index contributed by atoms with van der Waals surface area (Å²) in [6, 6.07) is 1.77. The van der Waals surface area contributed by atoms with E-state index in [1.54, 1.807) is 23.0 Å². The number of carbonyl (C=O) groups excluding carboxylic acids is 1. The number of aromatic nitrogens is 3. The molecule has 4 rings (SSSR count). The Morgan fingerprint density at radius 3 is 3.00 bits per heavy atom. The first-order chi connectivity index (χ1) is 11.4. The van der Waals surface area contributed by atoms with Crippen LogP contribution in [0.4, 0.5) is 0 Å². The van der Waals surface area contributed by atoms with E-state index in [-0.39, 0.29) is 17.4 Å². The van der Waals surface area contributed by atoms with Gasteiger partial charge in [0.15, 0.2) is 11.3 Å². The maximum absolute atomic E-state index is 13.0. The first-order valence-corrected chi connectivity index (χ1v) is 8.49. The molecule has 0 bridgehead atoms. The standard InChI is InChI=1S/C18H19ClN4O/c1-11-13-4-6-18(2,3)14(13)5-7-22(11)17(24)15-8-16-20-9-12(19)10-23(16)21-15/h4,6,8-11H,5,7H2,1-3H3. The molecule has 0 spiro atoms. The maximum Gasteiger partial charge on any atom is 0.274 e. The lowest BCUT2D eigenvalue weighted by Crippen LogP contribution is -2.44. The van der Waals surface area contributed by atoms with Gasteiger partial charge in [-0.25, -0.2) is 9.50 Å². The van der Waals surface area contributed by atoms with Crippen LogP contribution in [0.1, 0.15) is 37.7 Å². The van der Waals surface area contributed by atoms with E-state index in [1.165, 1.54) is 11.1 Å². The normalized spacial score (nSPS) is 22.3. The van der Waals surface area contributed by atoms with Crippen molar-refractivity contribution in [1.82, 2.24) is 19.5 Å². The molecule has 1 unspecified atom stereocenters. The Bertz CT molecular complexity index is 909. The highest BCUT2D eigenvalue weighted by molar-refractivity contribution is 6.30. The van der Waals surface area contributed by atoms with Crippen LogP contribution in [-0.4, -0.2) is 38.0 Å². The fraction of sp³-hybridized carbons (Fsp3) is 0.389. The molecule has 0 fully saturated rings. The molecule has 1 atom stereocenters. The molecule has 3 heterocycles. The first-order valence-electron chi connectivity index (χ1n) is 8.11. The Morgan fingerprint density at radius 1 is 1.42 bits per heavy atom. The molecule has 0 saturated heterocycles. The Labute approximate surface area is 145 Å². The molecule has 2 aromatic rings. The zero-order valence-corrected chi connectivity index (χ0v) is 14.7. The molecular formula is C18H19ClN4O. The second-order valence-electron chi connectivity index (χ2n) is 7.02. The predicted molar refractivity (Wildman–Crippen MR) is 93.1 cm³/mol. The second-order valence-corrected chi connectivity index (χ2v) is 7.45. The summed E-state index contributed by atoms with van der Waals surface area (Å²) in [5, 5.41) is 4.83. The first kappa shape index (κ1) is 15.4. The fourth-order valence-electron chi connectivity index (χ4n) is 3.71. The van der Waals surface area contributed by atoms with Crippen molar-refractivity contribution < 1.29 is 4.79 Å². The number of hydrogen-bond donors (Lipinski definition) is 0. The van der Waals surface area contributed by atoms with E-state index in [2.05, 4.69) is 43.0 Å². The van der Waals surface area contributed by atoms with Gasteiger partial charge in [0.2, 0.25) is 0 Å². The average Bonchev–Trinajstić information content (AvgIpc) is 3.08. The van der Waals surface area contributed by atoms with Gasteiger partial charge in [-0.3, -0.25) is 4.79 Å². The van der Waals surface area contributed by atoms with Crippen molar-refractivity contribution in [3.8, 4) is 0 Å². The molecule has 2 aromatic heterocycles. The molecule has 0 radical (unpaired) electrons. The highest BCUT2D eigenvalue weighted by atomic mass is 35.5. The monoisotopic (exact) mass is 342 g/mol. The summed E-state index contributed by atoms with van der Waals surface area (Å²) in [7, 11) is 0. The summed E-state index contributed by atoms with van der Waals surface area (Å²) < 4.78 is 1.55. The molecule has 1 aliphatic heterocycles. The number of nitrogens with zero attached hydrogens (tertiary/aromatic N) is 4. The molecule has 1 amide bonds. The zero-order chi connectivity index (χ0) is 17.1. The van der Waals surface area contributed by atoms with Gasteiger partial charge < -0.3 is 4.90 Å². The smallest absolute Gasteiger partial charge is 0.274 e. The second kappa shape index (κ2) is 5.18. The number of rotatable bonds is 1. The Morgan fingerprint density at radius 2 is 2.21 bits per heavy atom. The largest absolute Gasteiger partial charge is 0.330 e. The molecule has 0 N–H and O–H groups in total. The van der Waals surface area contributed by atoms with Gasteiger partial charge in [-0.2, -0.15) is 5.10 Å². The molecule has 24 heavy (non-hydrogen) atoms. The van der Waals surface area contributed by atoms with Crippen LogP contribution in [0, 0.1) is 5.41 Å². The molecule has 2 aliphatic rings. The van der Waals surface area contributed by atoms with Crippen molar-refractivity contribution >= 4 is 23.2 Å². The van der Waals surface area contributed by atoms with Crippen molar-refractivity contribution in [3.05, 3.63) is 52.5 Å². The van der Waals surface area contributed by atoms with Crippen LogP contribution in [-0.2, 0) is 0 Å². The minimum atomic E-state index is -0.0613. The highest BCUT2D eigenvalue weighted by Crippen LogP contribution is 2.43. The SMILES string of the molecule is CC1C2=C(CCN1C(=O)c1cc3ncc(Cl)cn3n1)C(C)(C)C=C2. The van der Waals surface area contributed by atoms with E-state index in [4.69, 9.17) is 11.6 Å². The fourth-order valence-corrected chi connectivity index (χ4v) is 3.85. The third-order valence-corrected chi connectivity index (χ3v) is 5.28. The van der Waals surface area contributed by atoms with Crippen LogP contribution < -0.4 is 0 Å². The quantitative estimate of drug-likeness (QED) is 0.796. The van der Waals surface area contributed by atoms with Gasteiger partial charge in [0.25, 0.3) is 5.91 Å². The molecule has 6 heteroatoms. The van der Waals surface area contributed by atoms with Crippen molar-refractivity contribution in [2.24, 2.45) is 5.41 Å². The van der Waals surface area contributed by atoms with Crippen molar-refractivity contribution in [1.29, 1.82) is 0 Å². The molecule has 1 aliphatic carbocycles. The maximum atomic E-state index is 13.0. The van der Waals surface area contributed by atoms with E-state index < -0.39 is 0 Å². The summed E-state index contributed by atoms with van der Waals surface area (Å²) in [4.78, 5) is 19.1. The van der Waals surface area contributed by atoms with E-state index in [9.17, 15) is 4.79 Å². The molecule has 0 saturated carbocycles. The van der Waals surface area contributed by atoms with Crippen LogP contribution in [0.5, 0.6) is 0 Å². The summed E-state index contributed by atoms with van der Waals surface area (Å²) >= 11 is 5.93. The van der Waals surface area contributed by atoms with E-state index in [0.717, 1.165) is 6.42 Å². The van der Waals surface area contributed by atoms with E-state index >= 15 is 0 Å². The number of fused-ring (bicyclic) bond motifs is 1. The zero-order valence-electron chi connectivity index (χ0n) is 14.0. The average molecular weight is 343 g/mol. The molecule has 5 nitrogen and oxygen atoms in total. The van der Waals surface area contributed by atoms with Gasteiger partial charge in [0, 0.05) is 24.2 Å². The van der Waals surface area contributed by atoms with Crippen LogP contribution in [0.25, 0.3) is 5.65 Å². The lowest BCUT2D eigenvalue weighted by molar-refractivity contribution is 0.0699. The molecule has 0 aromatic carbocycles. The lowest BCUT2D eigenvalue weighted by Gasteiger charge is -2.37. The van der Waals surface area contributed by atoms with E-state index in [1.807, 2.05) is 4.90 Å². The van der Waals surface area contributed by atoms with E-state index in [0.29, 0.717) is 22.9 Å². The van der Waals surface area contributed by atoms with Crippen molar-refractivity contribution in [2.45, 2.75) is 33.2 Å². The van der Waals surface area contributed by atoms with Gasteiger partial charge in [0.1, 0.15) is 0 Å². The third-order valence-electron chi connectivity index (χ3n) is 5.09. The summed E-state index contributed by atoms with van der Waals surface area (Å²) in [6.07, 6.45) is 8.52. The Hall–Kier alpha value is -2.14. The van der Waals surface area contributed by atoms with Gasteiger partial charge >= 0.3 is 0 Å². The Kier molecular flexibility index (Phi) is 3.32. The van der Waals surface area contributed by atoms with Crippen LogP contribution in [0.15, 0.2) is 41.8 Å². The topological polar surface area (TPSA) is 50.5 Å². The number of amides is 1. The van der Waals surface area contributed by atoms with Crippen LogP contribution in [0.2, 0.25) is 5.02 Å². The van der Waals surface area contributed by atoms with Gasteiger partial charge in [-0.15, -0.1) is 0 Å². The molecular weight excluding hydrogens is 324 g/mol.